The summed E-state index contributed by atoms with van der Waals surface area (Å²) in [5, 5.41) is 12.1. The van der Waals surface area contributed by atoms with Crippen LogP contribution in [-0.2, 0) is 4.74 Å². The number of anilines is 2. The number of hydrogen-bond donors (Lipinski definition) is 3. The van der Waals surface area contributed by atoms with Gasteiger partial charge in [0.1, 0.15) is 0 Å². The topological polar surface area (TPSA) is 101 Å². The van der Waals surface area contributed by atoms with E-state index in [0.717, 1.165) is 11.4 Å². The number of nitrogen functional groups attached to an aromatic ring is 1. The van der Waals surface area contributed by atoms with E-state index in [1.54, 1.807) is 12.3 Å². The maximum absolute atomic E-state index is 10.9. The minimum absolute atomic E-state index is 0.175. The molecule has 1 aromatic rings. The van der Waals surface area contributed by atoms with E-state index < -0.39 is 6.09 Å². The zero-order chi connectivity index (χ0) is 13.8. The van der Waals surface area contributed by atoms with E-state index >= 15 is 0 Å². The predicted octanol–water partition coefficient (Wildman–Crippen LogP) is 0.763. The van der Waals surface area contributed by atoms with Gasteiger partial charge in [-0.1, -0.05) is 0 Å². The molecule has 1 amide bonds. The molecule has 0 saturated carbocycles. The van der Waals surface area contributed by atoms with Crippen molar-refractivity contribution in [2.24, 2.45) is 0 Å². The number of morpholine rings is 1. The molecule has 104 valence electrons. The lowest BCUT2D eigenvalue weighted by Crippen LogP contribution is -2.47. The monoisotopic (exact) mass is 266 g/mol. The van der Waals surface area contributed by atoms with Crippen molar-refractivity contribution in [2.75, 3.05) is 37.3 Å². The molecule has 1 aromatic heterocycles. The van der Waals surface area contributed by atoms with Crippen LogP contribution in [0.3, 0.4) is 0 Å². The summed E-state index contributed by atoms with van der Waals surface area (Å²) in [6.45, 7) is 3.57. The number of nitrogens with zero attached hydrogens (tertiary/aromatic N) is 2. The zero-order valence-corrected chi connectivity index (χ0v) is 10.8. The lowest BCUT2D eigenvalue weighted by Gasteiger charge is -2.31. The molecule has 0 aromatic carbocycles. The van der Waals surface area contributed by atoms with Gasteiger partial charge in [0.15, 0.2) is 0 Å². The van der Waals surface area contributed by atoms with Crippen LogP contribution in [0.5, 0.6) is 0 Å². The third kappa shape index (κ3) is 3.47. The van der Waals surface area contributed by atoms with Crippen molar-refractivity contribution in [1.29, 1.82) is 0 Å². The Morgan fingerprint density at radius 1 is 1.74 bits per heavy atom. The zero-order valence-electron chi connectivity index (χ0n) is 10.8. The maximum atomic E-state index is 10.9. The van der Waals surface area contributed by atoms with E-state index in [1.165, 1.54) is 4.90 Å². The Labute approximate surface area is 111 Å². The van der Waals surface area contributed by atoms with Crippen molar-refractivity contribution >= 4 is 17.5 Å². The number of rotatable bonds is 3. The summed E-state index contributed by atoms with van der Waals surface area (Å²) >= 11 is 0. The molecule has 2 heterocycles. The molecule has 2 rings (SSSR count). The van der Waals surface area contributed by atoms with Gasteiger partial charge in [-0.05, 0) is 13.0 Å². The molecule has 1 atom stereocenters. The molecule has 0 spiro atoms. The van der Waals surface area contributed by atoms with E-state index in [2.05, 4.69) is 10.3 Å². The van der Waals surface area contributed by atoms with Crippen LogP contribution in [0.1, 0.15) is 5.69 Å². The van der Waals surface area contributed by atoms with Crippen molar-refractivity contribution in [3.63, 3.8) is 0 Å². The number of aromatic nitrogens is 1. The second kappa shape index (κ2) is 5.75. The van der Waals surface area contributed by atoms with Crippen LogP contribution in [0.25, 0.3) is 0 Å². The number of hydrogen-bond acceptors (Lipinski definition) is 5. The molecular formula is C12H18N4O3. The number of nitrogens with one attached hydrogen (secondary N) is 1. The van der Waals surface area contributed by atoms with E-state index in [-0.39, 0.29) is 6.10 Å². The van der Waals surface area contributed by atoms with E-state index in [0.29, 0.717) is 31.9 Å². The Morgan fingerprint density at radius 3 is 3.21 bits per heavy atom. The Hall–Kier alpha value is -2.02. The summed E-state index contributed by atoms with van der Waals surface area (Å²) in [4.78, 5) is 16.4. The van der Waals surface area contributed by atoms with Gasteiger partial charge in [0.2, 0.25) is 0 Å². The average molecular weight is 266 g/mol. The van der Waals surface area contributed by atoms with Crippen LogP contribution in [0.4, 0.5) is 16.2 Å². The van der Waals surface area contributed by atoms with E-state index in [4.69, 9.17) is 15.6 Å². The van der Waals surface area contributed by atoms with Crippen LogP contribution in [0.15, 0.2) is 12.3 Å². The first-order valence-corrected chi connectivity index (χ1v) is 6.11. The molecule has 0 radical (unpaired) electrons. The SMILES string of the molecule is Cc1cc(N)c(NC[C@H]2CN(C(=O)O)CCO2)cn1. The Bertz CT molecular complexity index is 466. The van der Waals surface area contributed by atoms with Crippen LogP contribution in [0.2, 0.25) is 0 Å². The summed E-state index contributed by atoms with van der Waals surface area (Å²) in [6.07, 6.45) is 0.581. The largest absolute Gasteiger partial charge is 0.465 e. The standard InChI is InChI=1S/C12H18N4O3/c1-8-4-10(13)11(6-14-8)15-5-9-7-16(12(17)18)2-3-19-9/h4,6,9,15H,2-3,5,7H2,1H3,(H2,13,14)(H,17,18)/t9-/m0/s1. The minimum Gasteiger partial charge on any atom is -0.465 e. The van der Waals surface area contributed by atoms with Crippen LogP contribution >= 0.6 is 0 Å². The van der Waals surface area contributed by atoms with Gasteiger partial charge in [0.25, 0.3) is 0 Å². The van der Waals surface area contributed by atoms with Crippen LogP contribution in [0, 0.1) is 6.92 Å². The van der Waals surface area contributed by atoms with Gasteiger partial charge in [0, 0.05) is 18.8 Å². The molecule has 7 nitrogen and oxygen atoms in total. The first-order chi connectivity index (χ1) is 9.06. The van der Waals surface area contributed by atoms with Gasteiger partial charge in [0.05, 0.1) is 36.8 Å². The number of pyridine rings is 1. The Kier molecular flexibility index (Phi) is 4.06. The molecule has 19 heavy (non-hydrogen) atoms. The number of carbonyl (C=O) groups is 1. The van der Waals surface area contributed by atoms with Crippen molar-refractivity contribution in [1.82, 2.24) is 9.88 Å². The van der Waals surface area contributed by atoms with E-state index in [1.807, 2.05) is 6.92 Å². The summed E-state index contributed by atoms with van der Waals surface area (Å²) in [5.41, 5.74) is 8.08. The average Bonchev–Trinajstić information content (AvgIpc) is 2.38. The highest BCUT2D eigenvalue weighted by molar-refractivity contribution is 5.66. The molecule has 1 fully saturated rings. The predicted molar refractivity (Wildman–Crippen MR) is 71.2 cm³/mol. The molecule has 0 aliphatic carbocycles. The normalized spacial score (nSPS) is 19.2. The summed E-state index contributed by atoms with van der Waals surface area (Å²) in [5.74, 6) is 0. The fourth-order valence-corrected chi connectivity index (χ4v) is 1.97. The second-order valence-electron chi connectivity index (χ2n) is 4.52. The fraction of sp³-hybridized carbons (Fsp3) is 0.500. The Balaban J connectivity index is 1.89. The number of aryl methyl sites for hydroxylation is 1. The molecule has 1 aliphatic rings. The van der Waals surface area contributed by atoms with Crippen LogP contribution in [-0.4, -0.2) is 53.4 Å². The lowest BCUT2D eigenvalue weighted by atomic mass is 10.2. The summed E-state index contributed by atoms with van der Waals surface area (Å²) in [7, 11) is 0. The maximum Gasteiger partial charge on any atom is 0.407 e. The first kappa shape index (κ1) is 13.4. The highest BCUT2D eigenvalue weighted by Crippen LogP contribution is 2.17. The summed E-state index contributed by atoms with van der Waals surface area (Å²) < 4.78 is 5.51. The highest BCUT2D eigenvalue weighted by atomic mass is 16.5. The third-order valence-electron chi connectivity index (χ3n) is 3.00. The number of amides is 1. The first-order valence-electron chi connectivity index (χ1n) is 6.11. The van der Waals surface area contributed by atoms with Crippen molar-refractivity contribution < 1.29 is 14.6 Å². The van der Waals surface area contributed by atoms with Crippen molar-refractivity contribution in [2.45, 2.75) is 13.0 Å². The molecule has 0 unspecified atom stereocenters. The quantitative estimate of drug-likeness (QED) is 0.747. The minimum atomic E-state index is -0.912. The Morgan fingerprint density at radius 2 is 2.53 bits per heavy atom. The number of nitrogens with two attached hydrogens (primary N) is 1. The van der Waals surface area contributed by atoms with Gasteiger partial charge in [-0.3, -0.25) is 4.98 Å². The van der Waals surface area contributed by atoms with Gasteiger partial charge in [-0.2, -0.15) is 0 Å². The number of carboxylic acid groups (broad SMARTS) is 1. The van der Waals surface area contributed by atoms with Gasteiger partial charge < -0.3 is 25.8 Å². The van der Waals surface area contributed by atoms with Crippen molar-refractivity contribution in [3.05, 3.63) is 18.0 Å². The highest BCUT2D eigenvalue weighted by Gasteiger charge is 2.23. The molecule has 7 heteroatoms. The molecular weight excluding hydrogens is 248 g/mol. The fourth-order valence-electron chi connectivity index (χ4n) is 1.97. The van der Waals surface area contributed by atoms with Crippen molar-refractivity contribution in [3.8, 4) is 0 Å². The summed E-state index contributed by atoms with van der Waals surface area (Å²) in [6, 6.07) is 1.79. The lowest BCUT2D eigenvalue weighted by molar-refractivity contribution is -0.0147. The van der Waals surface area contributed by atoms with Gasteiger partial charge in [-0.15, -0.1) is 0 Å². The number of ether oxygens (including phenoxy) is 1. The second-order valence-corrected chi connectivity index (χ2v) is 4.52. The molecule has 4 N–H and O–H groups in total. The van der Waals surface area contributed by atoms with Crippen LogP contribution < -0.4 is 11.1 Å². The van der Waals surface area contributed by atoms with Gasteiger partial charge in [-0.25, -0.2) is 4.79 Å². The smallest absolute Gasteiger partial charge is 0.407 e. The van der Waals surface area contributed by atoms with Gasteiger partial charge >= 0.3 is 6.09 Å². The molecule has 1 aliphatic heterocycles. The molecule has 0 bridgehead atoms. The van der Waals surface area contributed by atoms with E-state index in [9.17, 15) is 4.79 Å². The third-order valence-corrected chi connectivity index (χ3v) is 3.00. The molecule has 1 saturated heterocycles.